The Hall–Kier alpha value is -0.560. The second kappa shape index (κ2) is 10.4. The zero-order chi connectivity index (χ0) is 9.07. The Morgan fingerprint density at radius 2 is 1.67 bits per heavy atom. The summed E-state index contributed by atoms with van der Waals surface area (Å²) in [6.07, 6.45) is 13.0. The molecule has 0 bridgehead atoms. The molecule has 0 heterocycles. The lowest BCUT2D eigenvalue weighted by Gasteiger charge is -1.96. The smallest absolute Gasteiger partial charge is 0.0431 e. The Morgan fingerprint density at radius 3 is 2.33 bits per heavy atom. The van der Waals surface area contributed by atoms with Crippen LogP contribution in [0, 0.1) is 0 Å². The minimum atomic E-state index is 0.344. The molecule has 0 rings (SSSR count). The molecule has 12 heavy (non-hydrogen) atoms. The molecule has 1 nitrogen and oxygen atoms in total. The van der Waals surface area contributed by atoms with Gasteiger partial charge in [0, 0.05) is 6.61 Å². The molecule has 0 fully saturated rings. The number of aliphatic hydroxyl groups excluding tert-OH is 1. The Bertz CT molecular complexity index is 116. The van der Waals surface area contributed by atoms with Gasteiger partial charge >= 0.3 is 0 Å². The van der Waals surface area contributed by atoms with Gasteiger partial charge in [-0.3, -0.25) is 0 Å². The molecule has 0 radical (unpaired) electrons. The Labute approximate surface area is 75.8 Å². The summed E-state index contributed by atoms with van der Waals surface area (Å²) >= 11 is 0. The fourth-order valence-corrected chi connectivity index (χ4v) is 1.10. The van der Waals surface area contributed by atoms with E-state index in [1.807, 2.05) is 12.2 Å². The van der Waals surface area contributed by atoms with Crippen LogP contribution in [0.1, 0.15) is 38.5 Å². The molecule has 0 saturated heterocycles. The van der Waals surface area contributed by atoms with Crippen molar-refractivity contribution in [1.29, 1.82) is 0 Å². The van der Waals surface area contributed by atoms with Gasteiger partial charge in [0.25, 0.3) is 0 Å². The van der Waals surface area contributed by atoms with Crippen molar-refractivity contribution in [3.63, 3.8) is 0 Å². The SMILES string of the molecule is C=C/C=C\CCCCCCCO. The first kappa shape index (κ1) is 11.4. The molecule has 0 atom stereocenters. The van der Waals surface area contributed by atoms with Gasteiger partial charge < -0.3 is 5.11 Å². The van der Waals surface area contributed by atoms with Gasteiger partial charge in [-0.1, -0.05) is 44.1 Å². The summed E-state index contributed by atoms with van der Waals surface area (Å²) < 4.78 is 0. The van der Waals surface area contributed by atoms with Gasteiger partial charge in [0.15, 0.2) is 0 Å². The average molecular weight is 168 g/mol. The van der Waals surface area contributed by atoms with E-state index in [-0.39, 0.29) is 0 Å². The third-order valence-electron chi connectivity index (χ3n) is 1.80. The van der Waals surface area contributed by atoms with Gasteiger partial charge in [-0.25, -0.2) is 0 Å². The van der Waals surface area contributed by atoms with E-state index in [1.165, 1.54) is 25.7 Å². The molecular formula is C11H20O. The monoisotopic (exact) mass is 168 g/mol. The molecule has 1 heteroatoms. The van der Waals surface area contributed by atoms with Crippen molar-refractivity contribution in [3.05, 3.63) is 24.8 Å². The lowest BCUT2D eigenvalue weighted by Crippen LogP contribution is -1.82. The third-order valence-corrected chi connectivity index (χ3v) is 1.80. The number of hydrogen-bond acceptors (Lipinski definition) is 1. The van der Waals surface area contributed by atoms with Gasteiger partial charge in [0.1, 0.15) is 0 Å². The van der Waals surface area contributed by atoms with Gasteiger partial charge in [-0.15, -0.1) is 0 Å². The quantitative estimate of drug-likeness (QED) is 0.436. The summed E-state index contributed by atoms with van der Waals surface area (Å²) in [4.78, 5) is 0. The first-order chi connectivity index (χ1) is 5.91. The molecule has 0 aliphatic rings. The number of hydrogen-bond donors (Lipinski definition) is 1. The molecule has 0 amide bonds. The standard InChI is InChI=1S/C11H20O/c1-2-3-4-5-6-7-8-9-10-11-12/h2-4,12H,1,5-11H2/b4-3-. The average Bonchev–Trinajstić information content (AvgIpc) is 2.10. The van der Waals surface area contributed by atoms with E-state index in [0.717, 1.165) is 12.8 Å². The van der Waals surface area contributed by atoms with Crippen molar-refractivity contribution in [3.8, 4) is 0 Å². The summed E-state index contributed by atoms with van der Waals surface area (Å²) in [5.74, 6) is 0. The van der Waals surface area contributed by atoms with Crippen LogP contribution in [0.15, 0.2) is 24.8 Å². The summed E-state index contributed by atoms with van der Waals surface area (Å²) in [5.41, 5.74) is 0. The van der Waals surface area contributed by atoms with Crippen molar-refractivity contribution in [2.24, 2.45) is 0 Å². The van der Waals surface area contributed by atoms with Crippen molar-refractivity contribution in [2.75, 3.05) is 6.61 Å². The number of aliphatic hydroxyl groups is 1. The largest absolute Gasteiger partial charge is 0.396 e. The van der Waals surface area contributed by atoms with E-state index in [9.17, 15) is 0 Å². The Morgan fingerprint density at radius 1 is 1.00 bits per heavy atom. The third kappa shape index (κ3) is 9.44. The van der Waals surface area contributed by atoms with E-state index in [4.69, 9.17) is 5.11 Å². The fourth-order valence-electron chi connectivity index (χ4n) is 1.10. The van der Waals surface area contributed by atoms with E-state index in [1.54, 1.807) is 0 Å². The van der Waals surface area contributed by atoms with Gasteiger partial charge in [-0.2, -0.15) is 0 Å². The van der Waals surface area contributed by atoms with Crippen LogP contribution in [0.5, 0.6) is 0 Å². The second-order valence-corrected chi connectivity index (χ2v) is 2.94. The molecule has 0 aliphatic heterocycles. The lowest BCUT2D eigenvalue weighted by atomic mass is 10.1. The Balaban J connectivity index is 2.90. The zero-order valence-electron chi connectivity index (χ0n) is 7.84. The van der Waals surface area contributed by atoms with Crippen molar-refractivity contribution >= 4 is 0 Å². The van der Waals surface area contributed by atoms with Crippen LogP contribution in [0.25, 0.3) is 0 Å². The lowest BCUT2D eigenvalue weighted by molar-refractivity contribution is 0.282. The highest BCUT2D eigenvalue weighted by Gasteiger charge is 1.87. The number of allylic oxidation sites excluding steroid dienone is 3. The van der Waals surface area contributed by atoms with Crippen LogP contribution in [-0.2, 0) is 0 Å². The molecule has 0 aromatic rings. The van der Waals surface area contributed by atoms with Gasteiger partial charge in [0.2, 0.25) is 0 Å². The molecule has 0 aliphatic carbocycles. The minimum Gasteiger partial charge on any atom is -0.396 e. The molecule has 1 N–H and O–H groups in total. The number of rotatable bonds is 8. The van der Waals surface area contributed by atoms with E-state index in [0.29, 0.717) is 6.61 Å². The predicted octanol–water partition coefficient (Wildman–Crippen LogP) is 3.06. The maximum Gasteiger partial charge on any atom is 0.0431 e. The maximum absolute atomic E-state index is 8.52. The van der Waals surface area contributed by atoms with Gasteiger partial charge in [-0.05, 0) is 19.3 Å². The minimum absolute atomic E-state index is 0.344. The van der Waals surface area contributed by atoms with Crippen LogP contribution in [-0.4, -0.2) is 11.7 Å². The molecular weight excluding hydrogens is 148 g/mol. The van der Waals surface area contributed by atoms with Crippen molar-refractivity contribution in [1.82, 2.24) is 0 Å². The van der Waals surface area contributed by atoms with Crippen LogP contribution >= 0.6 is 0 Å². The maximum atomic E-state index is 8.52. The van der Waals surface area contributed by atoms with Crippen LogP contribution in [0.4, 0.5) is 0 Å². The molecule has 0 saturated carbocycles. The van der Waals surface area contributed by atoms with Crippen molar-refractivity contribution in [2.45, 2.75) is 38.5 Å². The van der Waals surface area contributed by atoms with E-state index >= 15 is 0 Å². The highest BCUT2D eigenvalue weighted by molar-refractivity contribution is 4.96. The van der Waals surface area contributed by atoms with Gasteiger partial charge in [0.05, 0.1) is 0 Å². The molecule has 0 unspecified atom stereocenters. The Kier molecular flexibility index (Phi) is 9.95. The topological polar surface area (TPSA) is 20.2 Å². The molecule has 0 aromatic carbocycles. The van der Waals surface area contributed by atoms with Crippen LogP contribution < -0.4 is 0 Å². The fraction of sp³-hybridized carbons (Fsp3) is 0.636. The first-order valence-corrected chi connectivity index (χ1v) is 4.80. The summed E-state index contributed by atoms with van der Waals surface area (Å²) in [6, 6.07) is 0. The summed E-state index contributed by atoms with van der Waals surface area (Å²) in [6.45, 7) is 3.95. The van der Waals surface area contributed by atoms with Crippen molar-refractivity contribution < 1.29 is 5.11 Å². The molecule has 0 aromatic heterocycles. The summed E-state index contributed by atoms with van der Waals surface area (Å²) in [7, 11) is 0. The predicted molar refractivity (Wildman–Crippen MR) is 54.1 cm³/mol. The second-order valence-electron chi connectivity index (χ2n) is 2.94. The number of unbranched alkanes of at least 4 members (excludes halogenated alkanes) is 5. The normalized spacial score (nSPS) is 10.8. The van der Waals surface area contributed by atoms with E-state index in [2.05, 4.69) is 12.7 Å². The first-order valence-electron chi connectivity index (χ1n) is 4.80. The molecule has 0 spiro atoms. The zero-order valence-corrected chi connectivity index (χ0v) is 7.84. The van der Waals surface area contributed by atoms with Crippen LogP contribution in [0.2, 0.25) is 0 Å². The highest BCUT2D eigenvalue weighted by atomic mass is 16.2. The molecule has 70 valence electrons. The highest BCUT2D eigenvalue weighted by Crippen LogP contribution is 2.05. The van der Waals surface area contributed by atoms with Crippen LogP contribution in [0.3, 0.4) is 0 Å². The van der Waals surface area contributed by atoms with E-state index < -0.39 is 0 Å². The summed E-state index contributed by atoms with van der Waals surface area (Å²) in [5, 5.41) is 8.52.